The molecule has 2 N–H and O–H groups in total. The van der Waals surface area contributed by atoms with Crippen molar-refractivity contribution < 1.29 is 28.6 Å². The Labute approximate surface area is 280 Å². The van der Waals surface area contributed by atoms with Gasteiger partial charge in [-0.05, 0) is 47.5 Å². The molecule has 1 fully saturated rings. The number of ether oxygens (including phenoxy) is 2. The predicted molar refractivity (Wildman–Crippen MR) is 185 cm³/mol. The molecule has 11 heteroatoms. The highest BCUT2D eigenvalue weighted by atomic mass is 32.1. The van der Waals surface area contributed by atoms with Crippen LogP contribution in [-0.2, 0) is 16.1 Å². The number of hydrogen-bond donors (Lipinski definition) is 2. The van der Waals surface area contributed by atoms with Gasteiger partial charge in [0, 0.05) is 48.8 Å². The minimum atomic E-state index is -1.01. The van der Waals surface area contributed by atoms with Crippen molar-refractivity contribution in [1.82, 2.24) is 19.8 Å². The molecular formula is C37H33FN4O5S. The van der Waals surface area contributed by atoms with Gasteiger partial charge in [0.15, 0.2) is 0 Å². The van der Waals surface area contributed by atoms with E-state index in [4.69, 9.17) is 14.5 Å². The quantitative estimate of drug-likeness (QED) is 0.171. The molecule has 4 heterocycles. The molecule has 1 aliphatic rings. The van der Waals surface area contributed by atoms with E-state index in [-0.39, 0.29) is 17.3 Å². The van der Waals surface area contributed by atoms with Gasteiger partial charge in [0.25, 0.3) is 0 Å². The third-order valence-electron chi connectivity index (χ3n) is 8.58. The first-order chi connectivity index (χ1) is 23.4. The second-order valence-electron chi connectivity index (χ2n) is 11.6. The minimum Gasteiger partial charge on any atom is -0.497 e. The molecule has 3 aromatic carbocycles. The molecule has 1 amide bonds. The molecular weight excluding hydrogens is 631 g/mol. The van der Waals surface area contributed by atoms with Gasteiger partial charge >= 0.3 is 5.97 Å². The maximum Gasteiger partial charge on any atom is 0.345 e. The molecule has 7 rings (SSSR count). The number of hydrogen-bond acceptors (Lipinski definition) is 7. The topological polar surface area (TPSA) is 106 Å². The number of benzene rings is 3. The van der Waals surface area contributed by atoms with Crippen LogP contribution in [0.3, 0.4) is 0 Å². The number of fused-ring (bicyclic) bond motifs is 2. The third-order valence-corrected chi connectivity index (χ3v) is 9.71. The Hall–Kier alpha value is -5.10. The summed E-state index contributed by atoms with van der Waals surface area (Å²) < 4.78 is 28.2. The molecule has 0 spiro atoms. The zero-order valence-electron chi connectivity index (χ0n) is 26.2. The number of halogens is 1. The first-order valence-corrected chi connectivity index (χ1v) is 16.5. The van der Waals surface area contributed by atoms with E-state index in [9.17, 15) is 19.1 Å². The monoisotopic (exact) mass is 664 g/mol. The summed E-state index contributed by atoms with van der Waals surface area (Å²) >= 11 is 1.20. The Morgan fingerprint density at radius 3 is 2.56 bits per heavy atom. The fourth-order valence-electron chi connectivity index (χ4n) is 6.20. The van der Waals surface area contributed by atoms with Gasteiger partial charge in [-0.3, -0.25) is 9.69 Å². The maximum atomic E-state index is 14.9. The van der Waals surface area contributed by atoms with Crippen molar-refractivity contribution in [3.8, 4) is 39.4 Å². The van der Waals surface area contributed by atoms with E-state index in [1.165, 1.54) is 24.5 Å². The van der Waals surface area contributed by atoms with Crippen molar-refractivity contribution in [3.05, 3.63) is 95.6 Å². The first-order valence-electron chi connectivity index (χ1n) is 15.7. The fraction of sp³-hybridized carbons (Fsp3) is 0.216. The number of carbonyl (C=O) groups excluding carboxylic acids is 1. The molecule has 1 aliphatic heterocycles. The lowest BCUT2D eigenvalue weighted by molar-refractivity contribution is -0.121. The van der Waals surface area contributed by atoms with E-state index >= 15 is 0 Å². The van der Waals surface area contributed by atoms with Gasteiger partial charge in [-0.15, -0.1) is 11.3 Å². The minimum absolute atomic E-state index is 0.00351. The van der Waals surface area contributed by atoms with Crippen molar-refractivity contribution >= 4 is 44.3 Å². The molecule has 1 saturated heterocycles. The van der Waals surface area contributed by atoms with Crippen LogP contribution in [0.4, 0.5) is 4.39 Å². The number of carbonyl (C=O) groups is 2. The van der Waals surface area contributed by atoms with E-state index in [1.807, 2.05) is 59.2 Å². The normalized spacial score (nSPS) is 13.6. The Morgan fingerprint density at radius 1 is 1.00 bits per heavy atom. The number of morpholine rings is 1. The van der Waals surface area contributed by atoms with Gasteiger partial charge in [-0.25, -0.2) is 14.2 Å². The van der Waals surface area contributed by atoms with E-state index in [1.54, 1.807) is 24.3 Å². The van der Waals surface area contributed by atoms with E-state index < -0.39 is 11.8 Å². The van der Waals surface area contributed by atoms with E-state index in [0.717, 1.165) is 52.1 Å². The Balaban J connectivity index is 1.30. The average molecular weight is 665 g/mol. The molecule has 0 saturated carbocycles. The molecule has 3 aromatic heterocycles. The number of aromatic nitrogens is 2. The fourth-order valence-corrected chi connectivity index (χ4v) is 7.27. The first kappa shape index (κ1) is 31.5. The van der Waals surface area contributed by atoms with Crippen LogP contribution in [0.2, 0.25) is 0 Å². The highest BCUT2D eigenvalue weighted by Crippen LogP contribution is 2.45. The summed E-state index contributed by atoms with van der Waals surface area (Å²) in [5, 5.41) is 13.8. The standard InChI is InChI=1S/C37H33FN4O5S/c1-46-26-9-10-27(28(38)20-26)30-12-7-24-19-25(8-11-29(24)40-30)35-34(23-5-3-2-4-6-23)36-31(21-32(48-36)37(44)45)42(35)22-33(43)39-13-14-41-15-17-47-18-16-41/h2-12,19-21H,13-18,22H2,1H3,(H,39,43)(H,44,45). The van der Waals surface area contributed by atoms with Crippen LogP contribution in [0, 0.1) is 5.82 Å². The van der Waals surface area contributed by atoms with Crippen molar-refractivity contribution in [1.29, 1.82) is 0 Å². The molecule has 0 unspecified atom stereocenters. The Kier molecular flexibility index (Phi) is 8.90. The van der Waals surface area contributed by atoms with Gasteiger partial charge in [-0.1, -0.05) is 42.5 Å². The van der Waals surface area contributed by atoms with Crippen LogP contribution in [0.15, 0.2) is 84.9 Å². The summed E-state index contributed by atoms with van der Waals surface area (Å²) in [4.78, 5) is 32.8. The highest BCUT2D eigenvalue weighted by molar-refractivity contribution is 7.21. The Bertz CT molecular complexity index is 2140. The third kappa shape index (κ3) is 6.27. The SMILES string of the molecule is COc1ccc(-c2ccc3cc(-c4c(-c5ccccc5)c5sc(C(=O)O)cc5n4CC(=O)NCCN4CCOCC4)ccc3n2)c(F)c1. The molecule has 48 heavy (non-hydrogen) atoms. The van der Waals surface area contributed by atoms with Crippen molar-refractivity contribution in [2.24, 2.45) is 0 Å². The molecule has 9 nitrogen and oxygen atoms in total. The van der Waals surface area contributed by atoms with E-state index in [0.29, 0.717) is 47.8 Å². The molecule has 244 valence electrons. The number of nitrogens with one attached hydrogen (secondary N) is 1. The average Bonchev–Trinajstić information content (AvgIpc) is 3.67. The van der Waals surface area contributed by atoms with Gasteiger partial charge in [-0.2, -0.15) is 0 Å². The van der Waals surface area contributed by atoms with Crippen molar-refractivity contribution in [2.75, 3.05) is 46.5 Å². The Morgan fingerprint density at radius 2 is 1.81 bits per heavy atom. The summed E-state index contributed by atoms with van der Waals surface area (Å²) in [5.74, 6) is -1.18. The molecule has 6 aromatic rings. The maximum absolute atomic E-state index is 14.9. The van der Waals surface area contributed by atoms with Crippen molar-refractivity contribution in [2.45, 2.75) is 6.54 Å². The summed E-state index contributed by atoms with van der Waals surface area (Å²) in [6.45, 7) is 4.26. The zero-order valence-corrected chi connectivity index (χ0v) is 27.1. The summed E-state index contributed by atoms with van der Waals surface area (Å²) in [6.07, 6.45) is 0. The number of carboxylic acids is 1. The number of nitrogens with zero attached hydrogens (tertiary/aromatic N) is 3. The van der Waals surface area contributed by atoms with Crippen LogP contribution < -0.4 is 10.1 Å². The second kappa shape index (κ2) is 13.6. The van der Waals surface area contributed by atoms with Crippen molar-refractivity contribution in [3.63, 3.8) is 0 Å². The number of amides is 1. The number of pyridine rings is 1. The zero-order chi connectivity index (χ0) is 33.2. The van der Waals surface area contributed by atoms with Crippen LogP contribution in [0.1, 0.15) is 9.67 Å². The molecule has 0 bridgehead atoms. The lowest BCUT2D eigenvalue weighted by atomic mass is 9.99. The lowest BCUT2D eigenvalue weighted by Crippen LogP contribution is -2.41. The van der Waals surface area contributed by atoms with Gasteiger partial charge in [0.2, 0.25) is 5.91 Å². The van der Waals surface area contributed by atoms with Crippen LogP contribution >= 0.6 is 11.3 Å². The molecule has 0 atom stereocenters. The number of carboxylic acid groups (broad SMARTS) is 1. The van der Waals surface area contributed by atoms with Gasteiger partial charge < -0.3 is 24.5 Å². The smallest absolute Gasteiger partial charge is 0.345 e. The predicted octanol–water partition coefficient (Wildman–Crippen LogP) is 6.55. The van der Waals surface area contributed by atoms with Crippen LogP contribution in [0.25, 0.3) is 54.8 Å². The van der Waals surface area contributed by atoms with Crippen LogP contribution in [0.5, 0.6) is 5.75 Å². The number of methoxy groups -OCH3 is 1. The summed E-state index contributed by atoms with van der Waals surface area (Å²) in [7, 11) is 1.49. The number of aromatic carboxylic acids is 1. The van der Waals surface area contributed by atoms with E-state index in [2.05, 4.69) is 10.2 Å². The summed E-state index contributed by atoms with van der Waals surface area (Å²) in [5.41, 5.74) is 5.64. The number of rotatable bonds is 10. The largest absolute Gasteiger partial charge is 0.497 e. The van der Waals surface area contributed by atoms with Gasteiger partial charge in [0.1, 0.15) is 23.0 Å². The lowest BCUT2D eigenvalue weighted by Gasteiger charge is -2.26. The molecule has 0 aliphatic carbocycles. The van der Waals surface area contributed by atoms with Crippen LogP contribution in [-0.4, -0.2) is 77.9 Å². The molecule has 0 radical (unpaired) electrons. The second-order valence-corrected chi connectivity index (χ2v) is 12.6. The van der Waals surface area contributed by atoms with Gasteiger partial charge in [0.05, 0.1) is 47.4 Å². The summed E-state index contributed by atoms with van der Waals surface area (Å²) in [6, 6.07) is 25.7. The number of thiophene rings is 1. The highest BCUT2D eigenvalue weighted by Gasteiger charge is 2.25.